The third kappa shape index (κ3) is 7.21. The summed E-state index contributed by atoms with van der Waals surface area (Å²) in [6, 6.07) is 0. The largest absolute Gasteiger partial charge is 0.490 e. The van der Waals surface area contributed by atoms with Crippen LogP contribution in [-0.4, -0.2) is 81.2 Å². The number of ether oxygens (including phenoxy) is 2. The highest BCUT2D eigenvalue weighted by Gasteiger charge is 2.50. The van der Waals surface area contributed by atoms with E-state index in [9.17, 15) is 18.0 Å². The topological polar surface area (TPSA) is 88.1 Å². The lowest BCUT2D eigenvalue weighted by Crippen LogP contribution is -2.44. The normalized spacial score (nSPS) is 24.6. The van der Waals surface area contributed by atoms with Crippen LogP contribution in [0.4, 0.5) is 13.2 Å². The summed E-state index contributed by atoms with van der Waals surface area (Å²) < 4.78 is 42.3. The minimum absolute atomic E-state index is 0.0315. The zero-order chi connectivity index (χ0) is 21.4. The van der Waals surface area contributed by atoms with Crippen molar-refractivity contribution in [3.63, 3.8) is 0 Å². The predicted molar refractivity (Wildman–Crippen MR) is 95.8 cm³/mol. The van der Waals surface area contributed by atoms with E-state index in [-0.39, 0.29) is 17.9 Å². The molecule has 0 aliphatic carbocycles. The van der Waals surface area contributed by atoms with E-state index >= 15 is 0 Å². The number of nitrogens with zero attached hydrogens (tertiary/aromatic N) is 1. The molecule has 0 spiro atoms. The fourth-order valence-corrected chi connectivity index (χ4v) is 3.70. The molecule has 2 N–H and O–H groups in total. The van der Waals surface area contributed by atoms with Crippen LogP contribution in [0.25, 0.3) is 0 Å². The van der Waals surface area contributed by atoms with Gasteiger partial charge in [-0.2, -0.15) is 13.2 Å². The molecule has 2 heterocycles. The minimum Gasteiger partial charge on any atom is -0.475 e. The van der Waals surface area contributed by atoms with E-state index in [1.165, 1.54) is 19.4 Å². The third-order valence-corrected chi connectivity index (χ3v) is 5.42. The van der Waals surface area contributed by atoms with Gasteiger partial charge in [0.25, 0.3) is 0 Å². The Morgan fingerprint density at radius 2 is 1.96 bits per heavy atom. The number of amides is 1. The van der Waals surface area contributed by atoms with Crippen LogP contribution < -0.4 is 5.32 Å². The zero-order valence-corrected chi connectivity index (χ0v) is 16.7. The lowest BCUT2D eigenvalue weighted by molar-refractivity contribution is -0.192. The third-order valence-electron chi connectivity index (χ3n) is 5.42. The van der Waals surface area contributed by atoms with Crippen LogP contribution in [0.15, 0.2) is 0 Å². The van der Waals surface area contributed by atoms with Gasteiger partial charge in [-0.15, -0.1) is 0 Å². The van der Waals surface area contributed by atoms with Gasteiger partial charge in [-0.3, -0.25) is 4.79 Å². The average Bonchev–Trinajstić information content (AvgIpc) is 3.14. The van der Waals surface area contributed by atoms with E-state index in [0.717, 1.165) is 32.2 Å². The van der Waals surface area contributed by atoms with Crippen molar-refractivity contribution >= 4 is 11.9 Å². The van der Waals surface area contributed by atoms with Gasteiger partial charge in [0.1, 0.15) is 6.61 Å². The first-order chi connectivity index (χ1) is 13.1. The number of halogens is 3. The van der Waals surface area contributed by atoms with E-state index in [4.69, 9.17) is 19.4 Å². The van der Waals surface area contributed by atoms with Gasteiger partial charge >= 0.3 is 12.1 Å². The molecule has 7 nitrogen and oxygen atoms in total. The van der Waals surface area contributed by atoms with Crippen LogP contribution in [0.5, 0.6) is 0 Å². The number of carbonyl (C=O) groups is 2. The summed E-state index contributed by atoms with van der Waals surface area (Å²) in [6.45, 7) is 10.3. The lowest BCUT2D eigenvalue weighted by Gasteiger charge is -2.28. The molecule has 2 saturated heterocycles. The summed E-state index contributed by atoms with van der Waals surface area (Å²) in [5.41, 5.74) is 0.107. The Morgan fingerprint density at radius 1 is 1.36 bits per heavy atom. The number of carbonyl (C=O) groups excluding carboxylic acids is 1. The highest BCUT2D eigenvalue weighted by atomic mass is 19.4. The van der Waals surface area contributed by atoms with Gasteiger partial charge in [0.15, 0.2) is 0 Å². The molecule has 0 radical (unpaired) electrons. The molecule has 0 unspecified atom stereocenters. The minimum atomic E-state index is -5.08. The second-order valence-corrected chi connectivity index (χ2v) is 7.46. The standard InChI is InChI=1S/C16H30N2O3.C2HF3O2/c1-4-13(5-2)6-18-7-14-8-21-12-16(14,11-18)10-17-15(19)9-20-3;3-2(4,5)1(6)7/h13-14H,4-12H2,1-3H3,(H,17,19);(H,6,7)/t14-,16+;/m1./s1. The van der Waals surface area contributed by atoms with Crippen LogP contribution in [0, 0.1) is 17.3 Å². The van der Waals surface area contributed by atoms with Gasteiger partial charge in [-0.25, -0.2) is 4.79 Å². The van der Waals surface area contributed by atoms with E-state index in [2.05, 4.69) is 24.1 Å². The SMILES string of the molecule is CCC(CC)CN1C[C@@H]2COC[C@]2(CNC(=O)COC)C1.O=C(O)C(F)(F)F. The zero-order valence-electron chi connectivity index (χ0n) is 16.7. The number of carboxylic acid groups (broad SMARTS) is 1. The first kappa shape index (κ1) is 24.6. The van der Waals surface area contributed by atoms with Crippen LogP contribution in [-0.2, 0) is 19.1 Å². The molecule has 2 rings (SSSR count). The molecule has 2 fully saturated rings. The van der Waals surface area contributed by atoms with E-state index in [0.29, 0.717) is 12.5 Å². The first-order valence-electron chi connectivity index (χ1n) is 9.43. The van der Waals surface area contributed by atoms with Crippen molar-refractivity contribution in [3.05, 3.63) is 0 Å². The van der Waals surface area contributed by atoms with Crippen molar-refractivity contribution < 1.29 is 37.3 Å². The van der Waals surface area contributed by atoms with Crippen LogP contribution >= 0.6 is 0 Å². The molecule has 2 aliphatic rings. The van der Waals surface area contributed by atoms with Gasteiger partial charge in [0.2, 0.25) is 5.91 Å². The van der Waals surface area contributed by atoms with Crippen molar-refractivity contribution in [2.45, 2.75) is 32.9 Å². The molecular weight excluding hydrogens is 381 g/mol. The summed E-state index contributed by atoms with van der Waals surface area (Å²) >= 11 is 0. The van der Waals surface area contributed by atoms with E-state index in [1.54, 1.807) is 7.11 Å². The van der Waals surface area contributed by atoms with Crippen molar-refractivity contribution in [1.29, 1.82) is 0 Å². The number of hydrogen-bond acceptors (Lipinski definition) is 5. The lowest BCUT2D eigenvalue weighted by atomic mass is 9.81. The molecule has 0 bridgehead atoms. The van der Waals surface area contributed by atoms with Crippen molar-refractivity contribution in [3.8, 4) is 0 Å². The molecule has 164 valence electrons. The summed E-state index contributed by atoms with van der Waals surface area (Å²) in [5.74, 6) is -1.46. The molecule has 0 aromatic carbocycles. The van der Waals surface area contributed by atoms with Gasteiger partial charge < -0.3 is 24.8 Å². The number of aliphatic carboxylic acids is 1. The molecule has 10 heteroatoms. The summed E-state index contributed by atoms with van der Waals surface area (Å²) in [7, 11) is 1.55. The Balaban J connectivity index is 0.000000480. The van der Waals surface area contributed by atoms with Crippen molar-refractivity contribution in [2.24, 2.45) is 17.3 Å². The number of fused-ring (bicyclic) bond motifs is 1. The number of methoxy groups -OCH3 is 1. The van der Waals surface area contributed by atoms with Crippen LogP contribution in [0.1, 0.15) is 26.7 Å². The van der Waals surface area contributed by atoms with Gasteiger partial charge in [0, 0.05) is 44.6 Å². The number of nitrogens with one attached hydrogen (secondary N) is 1. The monoisotopic (exact) mass is 412 g/mol. The molecule has 0 saturated carbocycles. The van der Waals surface area contributed by atoms with E-state index < -0.39 is 12.1 Å². The second-order valence-electron chi connectivity index (χ2n) is 7.46. The molecular formula is C18H31F3N2O5. The molecule has 1 amide bonds. The molecule has 2 aliphatic heterocycles. The molecule has 28 heavy (non-hydrogen) atoms. The van der Waals surface area contributed by atoms with Gasteiger partial charge in [-0.05, 0) is 5.92 Å². The molecule has 2 atom stereocenters. The highest BCUT2D eigenvalue weighted by molar-refractivity contribution is 5.77. The number of carboxylic acids is 1. The molecule has 0 aromatic heterocycles. The molecule has 0 aromatic rings. The number of rotatable bonds is 8. The average molecular weight is 412 g/mol. The number of likely N-dealkylation sites (tertiary alicyclic amines) is 1. The smallest absolute Gasteiger partial charge is 0.475 e. The first-order valence-corrected chi connectivity index (χ1v) is 9.43. The second kappa shape index (κ2) is 11.0. The fraction of sp³-hybridized carbons (Fsp3) is 0.889. The van der Waals surface area contributed by atoms with Crippen LogP contribution in [0.3, 0.4) is 0 Å². The number of alkyl halides is 3. The van der Waals surface area contributed by atoms with E-state index in [1.807, 2.05) is 0 Å². The Labute approximate surface area is 163 Å². The Morgan fingerprint density at radius 3 is 2.46 bits per heavy atom. The Kier molecular flexibility index (Phi) is 9.65. The summed E-state index contributed by atoms with van der Waals surface area (Å²) in [4.78, 5) is 23.1. The van der Waals surface area contributed by atoms with Gasteiger partial charge in [-0.1, -0.05) is 26.7 Å². The highest BCUT2D eigenvalue weighted by Crippen LogP contribution is 2.41. The summed E-state index contributed by atoms with van der Waals surface area (Å²) in [6.07, 6.45) is -2.60. The van der Waals surface area contributed by atoms with Crippen LogP contribution in [0.2, 0.25) is 0 Å². The quantitative estimate of drug-likeness (QED) is 0.632. The van der Waals surface area contributed by atoms with Gasteiger partial charge in [0.05, 0.1) is 13.2 Å². The fourth-order valence-electron chi connectivity index (χ4n) is 3.70. The maximum Gasteiger partial charge on any atom is 0.490 e. The summed E-state index contributed by atoms with van der Waals surface area (Å²) in [5, 5.41) is 10.1. The van der Waals surface area contributed by atoms with Crippen molar-refractivity contribution in [2.75, 3.05) is 53.1 Å². The Bertz CT molecular complexity index is 514. The maximum absolute atomic E-state index is 11.6. The predicted octanol–water partition coefficient (Wildman–Crippen LogP) is 1.77. The van der Waals surface area contributed by atoms with Crippen molar-refractivity contribution in [1.82, 2.24) is 10.2 Å². The number of hydrogen-bond donors (Lipinski definition) is 2. The maximum atomic E-state index is 11.6. The Hall–Kier alpha value is -1.39.